The third-order valence-corrected chi connectivity index (χ3v) is 6.15. The molecule has 132 valence electrons. The summed E-state index contributed by atoms with van der Waals surface area (Å²) in [7, 11) is -3.80. The van der Waals surface area contributed by atoms with Gasteiger partial charge in [0.05, 0.1) is 10.5 Å². The van der Waals surface area contributed by atoms with Crippen molar-refractivity contribution < 1.29 is 23.1 Å². The maximum Gasteiger partial charge on any atom is 0.329 e. The van der Waals surface area contributed by atoms with Gasteiger partial charge in [-0.05, 0) is 44.4 Å². The number of benzene rings is 1. The van der Waals surface area contributed by atoms with Crippen LogP contribution in [0.15, 0.2) is 47.6 Å². The van der Waals surface area contributed by atoms with E-state index >= 15 is 0 Å². The maximum absolute atomic E-state index is 12.6. The van der Waals surface area contributed by atoms with E-state index in [1.165, 1.54) is 30.6 Å². The fourth-order valence-electron chi connectivity index (χ4n) is 2.70. The first kappa shape index (κ1) is 17.2. The van der Waals surface area contributed by atoms with Crippen LogP contribution >= 0.6 is 0 Å². The van der Waals surface area contributed by atoms with Crippen molar-refractivity contribution in [3.05, 3.63) is 53.9 Å². The molecule has 3 rings (SSSR count). The molecule has 0 bridgehead atoms. The van der Waals surface area contributed by atoms with Crippen LogP contribution in [0.3, 0.4) is 0 Å². The van der Waals surface area contributed by atoms with E-state index in [0.717, 1.165) is 16.0 Å². The van der Waals surface area contributed by atoms with Gasteiger partial charge in [-0.1, -0.05) is 17.7 Å². The van der Waals surface area contributed by atoms with E-state index in [1.54, 1.807) is 12.1 Å². The van der Waals surface area contributed by atoms with Crippen LogP contribution in [0.4, 0.5) is 0 Å². The summed E-state index contributed by atoms with van der Waals surface area (Å²) in [5.74, 6) is -1.67. The number of amides is 1. The molecule has 0 saturated heterocycles. The number of aromatic nitrogens is 1. The lowest BCUT2D eigenvalue weighted by molar-refractivity contribution is -0.148. The summed E-state index contributed by atoms with van der Waals surface area (Å²) >= 11 is 0. The SMILES string of the molecule is Cc1ccc(S(=O)(=O)n2ccc(C(=O)NC3(C(=O)O)CCC3)c2)cc1. The molecular weight excluding hydrogens is 344 g/mol. The van der Waals surface area contributed by atoms with Crippen molar-refractivity contribution in [2.45, 2.75) is 36.6 Å². The molecule has 1 aliphatic carbocycles. The van der Waals surface area contributed by atoms with E-state index in [-0.39, 0.29) is 10.5 Å². The average molecular weight is 362 g/mol. The topological polar surface area (TPSA) is 105 Å². The van der Waals surface area contributed by atoms with Gasteiger partial charge < -0.3 is 10.4 Å². The highest BCUT2D eigenvalue weighted by Gasteiger charge is 2.45. The molecular formula is C17H18N2O5S. The predicted molar refractivity (Wildman–Crippen MR) is 89.9 cm³/mol. The minimum Gasteiger partial charge on any atom is -0.480 e. The fraction of sp³-hybridized carbons (Fsp3) is 0.294. The average Bonchev–Trinajstić information content (AvgIpc) is 3.01. The van der Waals surface area contributed by atoms with Crippen LogP contribution in [-0.2, 0) is 14.8 Å². The number of carboxylic acid groups (broad SMARTS) is 1. The van der Waals surface area contributed by atoms with Gasteiger partial charge in [-0.25, -0.2) is 17.2 Å². The molecule has 2 aromatic rings. The van der Waals surface area contributed by atoms with Crippen molar-refractivity contribution in [1.29, 1.82) is 0 Å². The Morgan fingerprint density at radius 2 is 1.80 bits per heavy atom. The molecule has 0 radical (unpaired) electrons. The number of hydrogen-bond acceptors (Lipinski definition) is 4. The second kappa shape index (κ2) is 6.03. The predicted octanol–water partition coefficient (Wildman–Crippen LogP) is 1.77. The van der Waals surface area contributed by atoms with Crippen molar-refractivity contribution in [1.82, 2.24) is 9.29 Å². The zero-order valence-electron chi connectivity index (χ0n) is 13.6. The van der Waals surface area contributed by atoms with Crippen molar-refractivity contribution in [3.63, 3.8) is 0 Å². The number of nitrogens with one attached hydrogen (secondary N) is 1. The molecule has 0 atom stereocenters. The Labute approximate surface area is 145 Å². The fourth-order valence-corrected chi connectivity index (χ4v) is 3.90. The first-order chi connectivity index (χ1) is 11.7. The van der Waals surface area contributed by atoms with Crippen molar-refractivity contribution >= 4 is 21.9 Å². The second-order valence-electron chi connectivity index (χ2n) is 6.24. The number of carbonyl (C=O) groups excluding carboxylic acids is 1. The molecule has 1 aromatic carbocycles. The van der Waals surface area contributed by atoms with Gasteiger partial charge in [0, 0.05) is 12.4 Å². The molecule has 0 aliphatic heterocycles. The van der Waals surface area contributed by atoms with Crippen LogP contribution < -0.4 is 5.32 Å². The highest BCUT2D eigenvalue weighted by Crippen LogP contribution is 2.32. The summed E-state index contributed by atoms with van der Waals surface area (Å²) < 4.78 is 26.1. The van der Waals surface area contributed by atoms with Crippen LogP contribution in [0, 0.1) is 6.92 Å². The van der Waals surface area contributed by atoms with Gasteiger partial charge in [0.15, 0.2) is 0 Å². The quantitative estimate of drug-likeness (QED) is 0.843. The molecule has 2 N–H and O–H groups in total. The van der Waals surface area contributed by atoms with Gasteiger partial charge in [0.2, 0.25) is 0 Å². The summed E-state index contributed by atoms with van der Waals surface area (Å²) in [6.07, 6.45) is 3.94. The largest absolute Gasteiger partial charge is 0.480 e. The summed E-state index contributed by atoms with van der Waals surface area (Å²) in [4.78, 5) is 23.7. The Morgan fingerprint density at radius 3 is 2.32 bits per heavy atom. The van der Waals surface area contributed by atoms with E-state index < -0.39 is 27.4 Å². The molecule has 0 unspecified atom stereocenters. The lowest BCUT2D eigenvalue weighted by Crippen LogP contribution is -2.59. The van der Waals surface area contributed by atoms with Gasteiger partial charge in [-0.15, -0.1) is 0 Å². The molecule has 0 spiro atoms. The summed E-state index contributed by atoms with van der Waals surface area (Å²) in [5, 5.41) is 11.8. The normalized spacial score (nSPS) is 16.0. The molecule has 1 aromatic heterocycles. The molecule has 1 saturated carbocycles. The summed E-state index contributed by atoms with van der Waals surface area (Å²) in [6.45, 7) is 1.85. The minimum absolute atomic E-state index is 0.100. The number of hydrogen-bond donors (Lipinski definition) is 2. The van der Waals surface area contributed by atoms with Crippen LogP contribution in [0.1, 0.15) is 35.2 Å². The molecule has 1 fully saturated rings. The Hall–Kier alpha value is -2.61. The van der Waals surface area contributed by atoms with E-state index in [1.807, 2.05) is 6.92 Å². The minimum atomic E-state index is -3.80. The number of nitrogens with zero attached hydrogens (tertiary/aromatic N) is 1. The number of rotatable bonds is 5. The van der Waals surface area contributed by atoms with Crippen LogP contribution in [-0.4, -0.2) is 34.9 Å². The Balaban J connectivity index is 1.83. The zero-order valence-corrected chi connectivity index (χ0v) is 14.4. The van der Waals surface area contributed by atoms with Crippen LogP contribution in [0.5, 0.6) is 0 Å². The first-order valence-electron chi connectivity index (χ1n) is 7.81. The third kappa shape index (κ3) is 3.05. The van der Waals surface area contributed by atoms with Crippen molar-refractivity contribution in [2.75, 3.05) is 0 Å². The summed E-state index contributed by atoms with van der Waals surface area (Å²) in [6, 6.07) is 7.74. The van der Waals surface area contributed by atoms with E-state index in [9.17, 15) is 23.1 Å². The van der Waals surface area contributed by atoms with Crippen LogP contribution in [0.25, 0.3) is 0 Å². The van der Waals surface area contributed by atoms with E-state index in [4.69, 9.17) is 0 Å². The van der Waals surface area contributed by atoms with Gasteiger partial charge in [0.25, 0.3) is 15.9 Å². The highest BCUT2D eigenvalue weighted by molar-refractivity contribution is 7.90. The lowest BCUT2D eigenvalue weighted by atomic mass is 9.76. The Bertz CT molecular complexity index is 924. The van der Waals surface area contributed by atoms with E-state index in [2.05, 4.69) is 5.32 Å². The Morgan fingerprint density at radius 1 is 1.16 bits per heavy atom. The number of aryl methyl sites for hydroxylation is 1. The standard InChI is InChI=1S/C17H18N2O5S/c1-12-3-5-14(6-4-12)25(23,24)19-10-7-13(11-19)15(20)18-17(16(21)22)8-2-9-17/h3-7,10-11H,2,8-9H2,1H3,(H,18,20)(H,21,22). The summed E-state index contributed by atoms with van der Waals surface area (Å²) in [5.41, 5.74) is -0.205. The third-order valence-electron chi connectivity index (χ3n) is 4.50. The van der Waals surface area contributed by atoms with Gasteiger partial charge in [0.1, 0.15) is 5.54 Å². The molecule has 8 heteroatoms. The van der Waals surface area contributed by atoms with Gasteiger partial charge in [-0.2, -0.15) is 0 Å². The molecule has 7 nitrogen and oxygen atoms in total. The lowest BCUT2D eigenvalue weighted by Gasteiger charge is -2.38. The molecule has 1 aliphatic rings. The first-order valence-corrected chi connectivity index (χ1v) is 9.25. The number of carboxylic acids is 1. The monoisotopic (exact) mass is 362 g/mol. The number of aliphatic carboxylic acids is 1. The van der Waals surface area contributed by atoms with Gasteiger partial charge >= 0.3 is 5.97 Å². The maximum atomic E-state index is 12.6. The zero-order chi connectivity index (χ0) is 18.2. The van der Waals surface area contributed by atoms with Crippen LogP contribution in [0.2, 0.25) is 0 Å². The van der Waals surface area contributed by atoms with E-state index in [0.29, 0.717) is 12.8 Å². The Kier molecular flexibility index (Phi) is 4.16. The van der Waals surface area contributed by atoms with Crippen molar-refractivity contribution in [3.8, 4) is 0 Å². The second-order valence-corrected chi connectivity index (χ2v) is 8.09. The number of carbonyl (C=O) groups is 2. The molecule has 1 heterocycles. The highest BCUT2D eigenvalue weighted by atomic mass is 32.2. The van der Waals surface area contributed by atoms with Crippen molar-refractivity contribution in [2.24, 2.45) is 0 Å². The van der Waals surface area contributed by atoms with Gasteiger partial charge in [-0.3, -0.25) is 4.79 Å². The molecule has 1 amide bonds. The smallest absolute Gasteiger partial charge is 0.329 e. The molecule has 25 heavy (non-hydrogen) atoms.